The van der Waals surface area contributed by atoms with Crippen LogP contribution in [0.3, 0.4) is 0 Å². The zero-order chi connectivity index (χ0) is 32.6. The van der Waals surface area contributed by atoms with E-state index in [1.165, 1.54) is 6.07 Å². The number of pyridine rings is 2. The molecule has 0 spiro atoms. The van der Waals surface area contributed by atoms with Gasteiger partial charge in [0.25, 0.3) is 5.91 Å². The summed E-state index contributed by atoms with van der Waals surface area (Å²) in [5, 5.41) is 23.2. The fraction of sp³-hybridized carbons (Fsp3) is 0.571. The van der Waals surface area contributed by atoms with Crippen LogP contribution in [0.25, 0.3) is 10.9 Å². The molecule has 8 nitrogen and oxygen atoms in total. The molecule has 1 amide bonds. The second-order valence-corrected chi connectivity index (χ2v) is 13.6. The molecule has 2 fully saturated rings. The Morgan fingerprint density at radius 2 is 1.91 bits per heavy atom. The van der Waals surface area contributed by atoms with Gasteiger partial charge in [-0.2, -0.15) is 0 Å². The van der Waals surface area contributed by atoms with Crippen molar-refractivity contribution in [2.45, 2.75) is 88.9 Å². The molecule has 3 aromatic rings. The van der Waals surface area contributed by atoms with E-state index in [9.17, 15) is 19.4 Å². The topological polar surface area (TPSA) is 102 Å². The van der Waals surface area contributed by atoms with Crippen LogP contribution in [0.4, 0.5) is 19.0 Å². The van der Waals surface area contributed by atoms with Gasteiger partial charge in [0.15, 0.2) is 0 Å². The monoisotopic (exact) mass is 639 g/mol. The highest BCUT2D eigenvalue weighted by molar-refractivity contribution is 5.98. The zero-order valence-corrected chi connectivity index (χ0v) is 26.6. The van der Waals surface area contributed by atoms with Crippen LogP contribution in [0, 0.1) is 11.7 Å². The maximum absolute atomic E-state index is 15.5. The van der Waals surface area contributed by atoms with Gasteiger partial charge in [-0.25, -0.2) is 23.1 Å². The van der Waals surface area contributed by atoms with Gasteiger partial charge in [-0.05, 0) is 79.8 Å². The average Bonchev–Trinajstić information content (AvgIpc) is 3.04. The highest BCUT2D eigenvalue weighted by Gasteiger charge is 2.38. The fourth-order valence-electron chi connectivity index (χ4n) is 6.96. The van der Waals surface area contributed by atoms with Crippen molar-refractivity contribution < 1.29 is 28.2 Å². The molecule has 3 aliphatic rings. The number of nitrogens with zero attached hydrogens (tertiary/aromatic N) is 4. The molecule has 1 aliphatic carbocycles. The number of halogens is 3. The lowest BCUT2D eigenvalue weighted by Gasteiger charge is -2.34. The van der Waals surface area contributed by atoms with Gasteiger partial charge in [0.2, 0.25) is 0 Å². The SMILES string of the molecule is CC(C)[C@]1(F)CCc2nc3c(F)cc(C(=O)N[C@H](CCN4CCC(O)CC4)c4ccc(N5CC[C@@H](O)[C@H](F)C5)nc4)cc3cc2C1. The third-order valence-electron chi connectivity index (χ3n) is 10.2. The van der Waals surface area contributed by atoms with E-state index < -0.39 is 35.7 Å². The molecular formula is C35H44F3N5O3. The number of aryl methyl sites for hydroxylation is 1. The number of hydrogen-bond donors (Lipinski definition) is 3. The predicted molar refractivity (Wildman–Crippen MR) is 171 cm³/mol. The number of aliphatic hydroxyl groups excluding tert-OH is 2. The molecule has 0 saturated carbocycles. The number of benzene rings is 1. The number of rotatable bonds is 8. The Kier molecular flexibility index (Phi) is 9.55. The number of alkyl halides is 2. The molecule has 0 radical (unpaired) electrons. The van der Waals surface area contributed by atoms with Crippen LogP contribution in [0.1, 0.15) is 79.2 Å². The summed E-state index contributed by atoms with van der Waals surface area (Å²) in [6.07, 6.45) is 2.35. The third-order valence-corrected chi connectivity index (χ3v) is 10.2. The number of fused-ring (bicyclic) bond motifs is 2. The molecule has 0 unspecified atom stereocenters. The summed E-state index contributed by atoms with van der Waals surface area (Å²) in [6, 6.07) is 7.81. The number of aliphatic hydroxyl groups is 2. The first-order chi connectivity index (χ1) is 22.0. The van der Waals surface area contributed by atoms with Gasteiger partial charge in [-0.1, -0.05) is 19.9 Å². The Bertz CT molecular complexity index is 1550. The van der Waals surface area contributed by atoms with Crippen molar-refractivity contribution in [1.29, 1.82) is 0 Å². The van der Waals surface area contributed by atoms with Crippen molar-refractivity contribution in [2.24, 2.45) is 5.92 Å². The number of amides is 1. The van der Waals surface area contributed by atoms with Crippen LogP contribution >= 0.6 is 0 Å². The second-order valence-electron chi connectivity index (χ2n) is 13.6. The number of nitrogens with one attached hydrogen (secondary N) is 1. The van der Waals surface area contributed by atoms with E-state index in [-0.39, 0.29) is 36.1 Å². The third kappa shape index (κ3) is 7.01. The van der Waals surface area contributed by atoms with Gasteiger partial charge in [-0.15, -0.1) is 0 Å². The van der Waals surface area contributed by atoms with Crippen LogP contribution in [-0.2, 0) is 12.8 Å². The summed E-state index contributed by atoms with van der Waals surface area (Å²) in [7, 11) is 0. The quantitative estimate of drug-likeness (QED) is 0.324. The first-order valence-corrected chi connectivity index (χ1v) is 16.5. The van der Waals surface area contributed by atoms with Crippen molar-refractivity contribution >= 4 is 22.6 Å². The fourth-order valence-corrected chi connectivity index (χ4v) is 6.96. The molecule has 11 heteroatoms. The molecule has 0 bridgehead atoms. The predicted octanol–water partition coefficient (Wildman–Crippen LogP) is 4.85. The number of anilines is 1. The molecule has 2 aromatic heterocycles. The lowest BCUT2D eigenvalue weighted by molar-refractivity contribution is 0.0614. The van der Waals surface area contributed by atoms with E-state index in [4.69, 9.17) is 0 Å². The maximum Gasteiger partial charge on any atom is 0.251 e. The summed E-state index contributed by atoms with van der Waals surface area (Å²) in [6.45, 7) is 6.48. The first kappa shape index (κ1) is 32.7. The van der Waals surface area contributed by atoms with Crippen LogP contribution in [0.15, 0.2) is 36.5 Å². The van der Waals surface area contributed by atoms with Crippen molar-refractivity contribution in [2.75, 3.05) is 37.6 Å². The number of carbonyl (C=O) groups is 1. The van der Waals surface area contributed by atoms with Crippen LogP contribution in [-0.4, -0.2) is 87.8 Å². The minimum Gasteiger partial charge on any atom is -0.393 e. The number of hydrogen-bond acceptors (Lipinski definition) is 7. The molecule has 248 valence electrons. The molecule has 3 N–H and O–H groups in total. The highest BCUT2D eigenvalue weighted by Crippen LogP contribution is 2.38. The molecule has 1 aromatic carbocycles. The average molecular weight is 640 g/mol. The number of likely N-dealkylation sites (tertiary alicyclic amines) is 1. The van der Waals surface area contributed by atoms with Crippen molar-refractivity contribution in [3.8, 4) is 0 Å². The van der Waals surface area contributed by atoms with Crippen LogP contribution in [0.2, 0.25) is 0 Å². The molecule has 4 heterocycles. The lowest BCUT2D eigenvalue weighted by Crippen LogP contribution is -2.45. The van der Waals surface area contributed by atoms with Gasteiger partial charge < -0.3 is 25.3 Å². The number of carbonyl (C=O) groups excluding carboxylic acids is 1. The molecule has 2 aliphatic heterocycles. The van der Waals surface area contributed by atoms with Crippen molar-refractivity contribution in [1.82, 2.24) is 20.2 Å². The molecule has 2 saturated heterocycles. The van der Waals surface area contributed by atoms with Gasteiger partial charge >= 0.3 is 0 Å². The Hall–Kier alpha value is -3.28. The Balaban J connectivity index is 1.23. The summed E-state index contributed by atoms with van der Waals surface area (Å²) in [4.78, 5) is 26.8. The van der Waals surface area contributed by atoms with Gasteiger partial charge in [0.05, 0.1) is 24.8 Å². The Morgan fingerprint density at radius 1 is 1.13 bits per heavy atom. The zero-order valence-electron chi connectivity index (χ0n) is 26.6. The minimum absolute atomic E-state index is 0.0594. The van der Waals surface area contributed by atoms with Crippen molar-refractivity contribution in [3.63, 3.8) is 0 Å². The largest absolute Gasteiger partial charge is 0.393 e. The highest BCUT2D eigenvalue weighted by atomic mass is 19.1. The summed E-state index contributed by atoms with van der Waals surface area (Å²) in [5.74, 6) is -0.614. The smallest absolute Gasteiger partial charge is 0.251 e. The van der Waals surface area contributed by atoms with E-state index in [0.717, 1.165) is 24.2 Å². The van der Waals surface area contributed by atoms with E-state index in [0.29, 0.717) is 68.5 Å². The van der Waals surface area contributed by atoms with Gasteiger partial charge in [-0.3, -0.25) is 4.79 Å². The van der Waals surface area contributed by atoms with Crippen LogP contribution in [0.5, 0.6) is 0 Å². The standard InChI is InChI=1S/C35H44F3N5O3/c1-21(2)35(38)10-5-29-25(18-35)16-23-15-24(17-27(36)33(23)40-29)34(46)41-30(8-13-42-11-6-26(44)7-12-42)22-3-4-32(39-19-22)43-14-9-31(45)28(37)20-43/h3-4,15-17,19,21,26,28,30-31,44-45H,5-14,18,20H2,1-2H3,(H,41,46)/t28-,30-,31-,35+/m1/s1. The molecule has 46 heavy (non-hydrogen) atoms. The van der Waals surface area contributed by atoms with E-state index >= 15 is 8.78 Å². The van der Waals surface area contributed by atoms with E-state index in [2.05, 4.69) is 20.2 Å². The summed E-state index contributed by atoms with van der Waals surface area (Å²) < 4.78 is 45.1. The lowest BCUT2D eigenvalue weighted by atomic mass is 9.77. The van der Waals surface area contributed by atoms with Gasteiger partial charge in [0.1, 0.15) is 29.0 Å². The van der Waals surface area contributed by atoms with Crippen LogP contribution < -0.4 is 10.2 Å². The maximum atomic E-state index is 15.5. The van der Waals surface area contributed by atoms with E-state index in [1.54, 1.807) is 29.3 Å². The molecule has 4 atom stereocenters. The van der Waals surface area contributed by atoms with Gasteiger partial charge in [0, 0.05) is 55.4 Å². The first-order valence-electron chi connectivity index (χ1n) is 16.5. The summed E-state index contributed by atoms with van der Waals surface area (Å²) >= 11 is 0. The normalized spacial score (nSPS) is 25.1. The minimum atomic E-state index is -1.35. The Morgan fingerprint density at radius 3 is 2.61 bits per heavy atom. The van der Waals surface area contributed by atoms with Crippen molar-refractivity contribution in [3.05, 3.63) is 64.7 Å². The molecule has 6 rings (SSSR count). The molecular weight excluding hydrogens is 595 g/mol. The Labute approximate surface area is 268 Å². The second kappa shape index (κ2) is 13.4. The van der Waals surface area contributed by atoms with E-state index in [1.807, 2.05) is 19.9 Å². The number of piperidine rings is 2. The summed E-state index contributed by atoms with van der Waals surface area (Å²) in [5.41, 5.74) is 1.20. The number of aromatic nitrogens is 2.